The molecule has 0 unspecified atom stereocenters. The summed E-state index contributed by atoms with van der Waals surface area (Å²) >= 11 is 1.78. The number of piperidine rings is 1. The molecular formula is C29H33F2N3O2S. The molecule has 1 aromatic heterocycles. The number of aromatic nitrogens is 2. The van der Waals surface area contributed by atoms with Gasteiger partial charge < -0.3 is 14.4 Å². The van der Waals surface area contributed by atoms with E-state index in [0.29, 0.717) is 5.56 Å². The lowest BCUT2D eigenvalue weighted by molar-refractivity contribution is -0.0861. The van der Waals surface area contributed by atoms with E-state index in [0.717, 1.165) is 73.3 Å². The van der Waals surface area contributed by atoms with E-state index in [1.165, 1.54) is 12.1 Å². The van der Waals surface area contributed by atoms with Crippen LogP contribution in [-0.4, -0.2) is 48.6 Å². The number of rotatable bonds is 9. The number of thioether (sulfide) groups is 1. The van der Waals surface area contributed by atoms with Crippen LogP contribution >= 0.6 is 11.8 Å². The van der Waals surface area contributed by atoms with Crippen LogP contribution < -0.4 is 9.64 Å². The number of aryl methyl sites for hydroxylation is 1. The molecule has 2 aliphatic rings. The van der Waals surface area contributed by atoms with E-state index in [4.69, 9.17) is 9.47 Å². The Kier molecular flexibility index (Phi) is 7.95. The minimum Gasteiger partial charge on any atom is -0.487 e. The van der Waals surface area contributed by atoms with Gasteiger partial charge >= 0.3 is 0 Å². The van der Waals surface area contributed by atoms with Crippen LogP contribution in [0.1, 0.15) is 32.3 Å². The minimum absolute atomic E-state index is 0.225. The Morgan fingerprint density at radius 3 is 2.24 bits per heavy atom. The first-order valence-corrected chi connectivity index (χ1v) is 13.9. The highest BCUT2D eigenvalue weighted by Gasteiger charge is 2.33. The third kappa shape index (κ3) is 6.24. The van der Waals surface area contributed by atoms with Crippen molar-refractivity contribution in [3.05, 3.63) is 66.0 Å². The molecule has 37 heavy (non-hydrogen) atoms. The Morgan fingerprint density at radius 1 is 1.03 bits per heavy atom. The fourth-order valence-electron chi connectivity index (χ4n) is 4.59. The highest BCUT2D eigenvalue weighted by atomic mass is 32.2. The predicted molar refractivity (Wildman–Crippen MR) is 143 cm³/mol. The first kappa shape index (κ1) is 25.9. The molecule has 2 aliphatic heterocycles. The van der Waals surface area contributed by atoms with Crippen molar-refractivity contribution in [2.45, 2.75) is 38.0 Å². The zero-order chi connectivity index (χ0) is 25.8. The normalized spacial score (nSPS) is 17.5. The molecule has 0 N–H and O–H groups in total. The number of benzene rings is 2. The highest BCUT2D eigenvalue weighted by molar-refractivity contribution is 7.99. The van der Waals surface area contributed by atoms with Gasteiger partial charge in [-0.15, -0.1) is 11.8 Å². The van der Waals surface area contributed by atoms with Crippen molar-refractivity contribution in [3.63, 3.8) is 0 Å². The fraction of sp³-hybridized carbons (Fsp3) is 0.448. The second-order valence-corrected chi connectivity index (χ2v) is 11.4. The maximum atomic E-state index is 14.9. The van der Waals surface area contributed by atoms with E-state index in [9.17, 15) is 8.78 Å². The fourth-order valence-corrected chi connectivity index (χ4v) is 5.60. The van der Waals surface area contributed by atoms with Gasteiger partial charge in [-0.3, -0.25) is 0 Å². The van der Waals surface area contributed by atoms with Crippen molar-refractivity contribution < 1.29 is 18.3 Å². The summed E-state index contributed by atoms with van der Waals surface area (Å²) in [6.07, 6.45) is 6.36. The molecule has 2 aromatic carbocycles. The van der Waals surface area contributed by atoms with Crippen molar-refractivity contribution in [3.8, 4) is 16.9 Å². The molecule has 3 aromatic rings. The molecular weight excluding hydrogens is 492 g/mol. The number of ether oxygens (including phenoxy) is 2. The monoisotopic (exact) mass is 525 g/mol. The Bertz CT molecular complexity index is 1170. The molecule has 2 saturated heterocycles. The van der Waals surface area contributed by atoms with Crippen molar-refractivity contribution in [2.75, 3.05) is 43.6 Å². The standard InChI is InChI=1S/C29H33F2N3O2S/c1-3-20-14-32-28(33-15-20)34-10-8-21(9-11-34)16-36-27-25(30)12-23(13-26(27)31)22-4-6-24(7-5-22)37-19-29(2)17-35-18-29/h4-7,12-15,21H,3,8-11,16-19H2,1-2H3. The van der Waals surface area contributed by atoms with Gasteiger partial charge in [0, 0.05) is 41.5 Å². The van der Waals surface area contributed by atoms with E-state index in [-0.39, 0.29) is 23.7 Å². The highest BCUT2D eigenvalue weighted by Crippen LogP contribution is 2.35. The third-order valence-corrected chi connectivity index (χ3v) is 8.58. The zero-order valence-corrected chi connectivity index (χ0v) is 22.2. The Hall–Kier alpha value is -2.71. The molecule has 5 rings (SSSR count). The van der Waals surface area contributed by atoms with Gasteiger partial charge in [0.05, 0.1) is 19.8 Å². The van der Waals surface area contributed by atoms with Crippen molar-refractivity contribution in [1.82, 2.24) is 9.97 Å². The van der Waals surface area contributed by atoms with Crippen LogP contribution in [0.15, 0.2) is 53.7 Å². The number of anilines is 1. The maximum Gasteiger partial charge on any atom is 0.225 e. The van der Waals surface area contributed by atoms with Gasteiger partial charge in [-0.05, 0) is 66.1 Å². The van der Waals surface area contributed by atoms with Crippen LogP contribution in [0.25, 0.3) is 11.1 Å². The van der Waals surface area contributed by atoms with E-state index in [1.54, 1.807) is 11.8 Å². The molecule has 0 saturated carbocycles. The number of hydrogen-bond donors (Lipinski definition) is 0. The summed E-state index contributed by atoms with van der Waals surface area (Å²) in [5.74, 6) is 0.302. The summed E-state index contributed by atoms with van der Waals surface area (Å²) in [5, 5.41) is 0. The smallest absolute Gasteiger partial charge is 0.225 e. The first-order valence-electron chi connectivity index (χ1n) is 12.9. The average molecular weight is 526 g/mol. The van der Waals surface area contributed by atoms with E-state index >= 15 is 0 Å². The van der Waals surface area contributed by atoms with Crippen molar-refractivity contribution in [2.24, 2.45) is 11.3 Å². The lowest BCUT2D eigenvalue weighted by Gasteiger charge is -2.37. The van der Waals surface area contributed by atoms with Crippen molar-refractivity contribution in [1.29, 1.82) is 0 Å². The summed E-state index contributed by atoms with van der Waals surface area (Å²) in [4.78, 5) is 12.2. The lowest BCUT2D eigenvalue weighted by Crippen LogP contribution is -2.41. The van der Waals surface area contributed by atoms with Gasteiger partial charge in [-0.1, -0.05) is 26.0 Å². The molecule has 8 heteroatoms. The quantitative estimate of drug-likeness (QED) is 0.301. The van der Waals surface area contributed by atoms with Crippen LogP contribution in [0.3, 0.4) is 0 Å². The summed E-state index contributed by atoms with van der Waals surface area (Å²) in [5.41, 5.74) is 2.62. The van der Waals surface area contributed by atoms with E-state index < -0.39 is 11.6 Å². The molecule has 0 amide bonds. The van der Waals surface area contributed by atoms with Gasteiger partial charge in [0.1, 0.15) is 0 Å². The molecule has 196 valence electrons. The summed E-state index contributed by atoms with van der Waals surface area (Å²) in [6, 6.07) is 10.5. The maximum absolute atomic E-state index is 14.9. The van der Waals surface area contributed by atoms with Crippen LogP contribution in [0.5, 0.6) is 5.75 Å². The van der Waals surface area contributed by atoms with Gasteiger partial charge in [-0.25, -0.2) is 18.7 Å². The molecule has 2 fully saturated rings. The summed E-state index contributed by atoms with van der Waals surface area (Å²) in [6.45, 7) is 7.77. The molecule has 0 bridgehead atoms. The third-order valence-electron chi connectivity index (χ3n) is 7.13. The molecule has 0 aliphatic carbocycles. The SMILES string of the molecule is CCc1cnc(N2CCC(COc3c(F)cc(-c4ccc(SCC5(C)COC5)cc4)cc3F)CC2)nc1. The molecule has 5 nitrogen and oxygen atoms in total. The zero-order valence-electron chi connectivity index (χ0n) is 21.4. The van der Waals surface area contributed by atoms with Crippen LogP contribution in [-0.2, 0) is 11.2 Å². The Morgan fingerprint density at radius 2 is 1.68 bits per heavy atom. The van der Waals surface area contributed by atoms with Gasteiger partial charge in [0.15, 0.2) is 17.4 Å². The first-order chi connectivity index (χ1) is 17.9. The van der Waals surface area contributed by atoms with Gasteiger partial charge in [-0.2, -0.15) is 0 Å². The molecule has 3 heterocycles. The Balaban J connectivity index is 1.14. The summed E-state index contributed by atoms with van der Waals surface area (Å²) in [7, 11) is 0. The largest absolute Gasteiger partial charge is 0.487 e. The second kappa shape index (κ2) is 11.4. The summed E-state index contributed by atoms with van der Waals surface area (Å²) < 4.78 is 40.7. The average Bonchev–Trinajstić information content (AvgIpc) is 2.91. The second-order valence-electron chi connectivity index (χ2n) is 10.4. The topological polar surface area (TPSA) is 47.5 Å². The number of nitrogens with zero attached hydrogens (tertiary/aromatic N) is 3. The minimum atomic E-state index is -0.673. The molecule has 0 spiro atoms. The number of hydrogen-bond acceptors (Lipinski definition) is 6. The van der Waals surface area contributed by atoms with Crippen LogP contribution in [0.2, 0.25) is 0 Å². The van der Waals surface area contributed by atoms with Crippen LogP contribution in [0, 0.1) is 23.0 Å². The Labute approximate surface area is 221 Å². The predicted octanol–water partition coefficient (Wildman–Crippen LogP) is 6.41. The van der Waals surface area contributed by atoms with Crippen LogP contribution in [0.4, 0.5) is 14.7 Å². The molecule has 0 atom stereocenters. The molecule has 0 radical (unpaired) electrons. The number of halogens is 2. The van der Waals surface area contributed by atoms with E-state index in [2.05, 4.69) is 28.7 Å². The van der Waals surface area contributed by atoms with Crippen molar-refractivity contribution >= 4 is 17.7 Å². The van der Waals surface area contributed by atoms with Gasteiger partial charge in [0.2, 0.25) is 5.95 Å². The van der Waals surface area contributed by atoms with E-state index in [1.807, 2.05) is 36.7 Å². The lowest BCUT2D eigenvalue weighted by atomic mass is 9.92. The van der Waals surface area contributed by atoms with Gasteiger partial charge in [0.25, 0.3) is 0 Å².